The van der Waals surface area contributed by atoms with Gasteiger partial charge in [-0.1, -0.05) is 6.07 Å². The second-order valence-electron chi connectivity index (χ2n) is 4.53. The molecule has 0 aliphatic carbocycles. The summed E-state index contributed by atoms with van der Waals surface area (Å²) in [4.78, 5) is 11.7. The summed E-state index contributed by atoms with van der Waals surface area (Å²) < 4.78 is 10.5. The molecule has 5 nitrogen and oxygen atoms in total. The van der Waals surface area contributed by atoms with Crippen LogP contribution in [0.1, 0.15) is 13.8 Å². The van der Waals surface area contributed by atoms with Crippen molar-refractivity contribution in [2.45, 2.75) is 19.4 Å². The first kappa shape index (κ1) is 14.5. The number of ether oxygens (including phenoxy) is 2. The van der Waals surface area contributed by atoms with Crippen molar-refractivity contribution in [3.05, 3.63) is 24.3 Å². The molecule has 1 aromatic carbocycles. The molecule has 1 amide bonds. The van der Waals surface area contributed by atoms with Gasteiger partial charge in [-0.25, -0.2) is 0 Å². The normalized spacial score (nSPS) is 11.1. The Labute approximate surface area is 107 Å². The third-order valence-electron chi connectivity index (χ3n) is 2.44. The van der Waals surface area contributed by atoms with Crippen LogP contribution >= 0.6 is 0 Å². The first-order valence-electron chi connectivity index (χ1n) is 5.75. The zero-order valence-corrected chi connectivity index (χ0v) is 11.0. The number of benzene rings is 1. The first-order valence-corrected chi connectivity index (χ1v) is 5.75. The van der Waals surface area contributed by atoms with Gasteiger partial charge in [-0.05, 0) is 26.0 Å². The number of hydrogen-bond donors (Lipinski definition) is 2. The van der Waals surface area contributed by atoms with Crippen molar-refractivity contribution in [3.63, 3.8) is 0 Å². The predicted octanol–water partition coefficient (Wildman–Crippen LogP) is 1.39. The van der Waals surface area contributed by atoms with Crippen molar-refractivity contribution in [2.24, 2.45) is 5.73 Å². The van der Waals surface area contributed by atoms with E-state index in [-0.39, 0.29) is 12.5 Å². The molecule has 0 aliphatic heterocycles. The monoisotopic (exact) mass is 252 g/mol. The summed E-state index contributed by atoms with van der Waals surface area (Å²) >= 11 is 0. The minimum absolute atomic E-state index is 0.0264. The molecule has 18 heavy (non-hydrogen) atoms. The Morgan fingerprint density at radius 3 is 2.78 bits per heavy atom. The molecule has 0 bridgehead atoms. The Morgan fingerprint density at radius 2 is 2.17 bits per heavy atom. The van der Waals surface area contributed by atoms with Crippen molar-refractivity contribution >= 4 is 11.6 Å². The van der Waals surface area contributed by atoms with Crippen LogP contribution in [0.2, 0.25) is 0 Å². The predicted molar refractivity (Wildman–Crippen MR) is 70.7 cm³/mol. The van der Waals surface area contributed by atoms with Crippen LogP contribution < -0.4 is 15.8 Å². The van der Waals surface area contributed by atoms with E-state index in [9.17, 15) is 4.79 Å². The zero-order valence-electron chi connectivity index (χ0n) is 11.0. The fourth-order valence-electron chi connectivity index (χ4n) is 1.22. The SMILES string of the molecule is COc1cccc(NC(=O)COC(C)(C)CN)c1. The van der Waals surface area contributed by atoms with Crippen LogP contribution in [0.4, 0.5) is 5.69 Å². The molecule has 0 saturated heterocycles. The molecule has 0 atom stereocenters. The maximum absolute atomic E-state index is 11.7. The van der Waals surface area contributed by atoms with E-state index in [4.69, 9.17) is 15.2 Å². The standard InChI is InChI=1S/C13H20N2O3/c1-13(2,9-14)18-8-12(16)15-10-5-4-6-11(7-10)17-3/h4-7H,8-9,14H2,1-3H3,(H,15,16). The van der Waals surface area contributed by atoms with Gasteiger partial charge in [-0.15, -0.1) is 0 Å². The van der Waals surface area contributed by atoms with Crippen LogP contribution in [0.15, 0.2) is 24.3 Å². The van der Waals surface area contributed by atoms with Crippen LogP contribution in [-0.2, 0) is 9.53 Å². The summed E-state index contributed by atoms with van der Waals surface area (Å²) in [6, 6.07) is 7.14. The Kier molecular flexibility index (Phi) is 5.12. The average Bonchev–Trinajstić information content (AvgIpc) is 2.37. The molecule has 0 radical (unpaired) electrons. The first-order chi connectivity index (χ1) is 8.46. The molecule has 0 heterocycles. The molecule has 0 saturated carbocycles. The number of nitrogens with one attached hydrogen (secondary N) is 1. The molecule has 3 N–H and O–H groups in total. The van der Waals surface area contributed by atoms with E-state index in [0.717, 1.165) is 0 Å². The van der Waals surface area contributed by atoms with Gasteiger partial charge in [0.05, 0.1) is 12.7 Å². The summed E-state index contributed by atoms with van der Waals surface area (Å²) in [6.45, 7) is 4.01. The van der Waals surface area contributed by atoms with Crippen molar-refractivity contribution in [1.82, 2.24) is 0 Å². The Bertz CT molecular complexity index is 405. The number of methoxy groups -OCH3 is 1. The van der Waals surface area contributed by atoms with Crippen LogP contribution in [0.3, 0.4) is 0 Å². The minimum Gasteiger partial charge on any atom is -0.497 e. The van der Waals surface area contributed by atoms with Crippen LogP contribution in [0.25, 0.3) is 0 Å². The highest BCUT2D eigenvalue weighted by Crippen LogP contribution is 2.16. The second-order valence-corrected chi connectivity index (χ2v) is 4.53. The van der Waals surface area contributed by atoms with Gasteiger partial charge in [0, 0.05) is 18.3 Å². The van der Waals surface area contributed by atoms with E-state index in [0.29, 0.717) is 18.0 Å². The summed E-state index contributed by atoms with van der Waals surface area (Å²) in [7, 11) is 1.58. The number of anilines is 1. The Hall–Kier alpha value is -1.59. The Morgan fingerprint density at radius 1 is 1.44 bits per heavy atom. The van der Waals surface area contributed by atoms with E-state index in [1.54, 1.807) is 25.3 Å². The van der Waals surface area contributed by atoms with Gasteiger partial charge in [-0.3, -0.25) is 4.79 Å². The third-order valence-corrected chi connectivity index (χ3v) is 2.44. The lowest BCUT2D eigenvalue weighted by Gasteiger charge is -2.22. The lowest BCUT2D eigenvalue weighted by Crippen LogP contribution is -2.36. The van der Waals surface area contributed by atoms with Gasteiger partial charge < -0.3 is 20.5 Å². The van der Waals surface area contributed by atoms with Crippen LogP contribution in [-0.4, -0.2) is 31.8 Å². The molecule has 0 fully saturated rings. The van der Waals surface area contributed by atoms with Crippen molar-refractivity contribution in [3.8, 4) is 5.75 Å². The van der Waals surface area contributed by atoms with E-state index < -0.39 is 5.60 Å². The van der Waals surface area contributed by atoms with Crippen molar-refractivity contribution in [1.29, 1.82) is 0 Å². The van der Waals surface area contributed by atoms with E-state index >= 15 is 0 Å². The highest BCUT2D eigenvalue weighted by molar-refractivity contribution is 5.91. The molecule has 0 spiro atoms. The quantitative estimate of drug-likeness (QED) is 0.802. The number of rotatable bonds is 6. The lowest BCUT2D eigenvalue weighted by molar-refractivity contribution is -0.125. The molecule has 1 rings (SSSR count). The number of carbonyl (C=O) groups is 1. The summed E-state index contributed by atoms with van der Waals surface area (Å²) in [5.74, 6) is 0.473. The molecule has 1 aromatic rings. The Balaban J connectivity index is 2.49. The number of carbonyl (C=O) groups excluding carboxylic acids is 1. The van der Waals surface area contributed by atoms with E-state index in [2.05, 4.69) is 5.32 Å². The van der Waals surface area contributed by atoms with Gasteiger partial charge >= 0.3 is 0 Å². The van der Waals surface area contributed by atoms with Gasteiger partial charge in [0.1, 0.15) is 12.4 Å². The lowest BCUT2D eigenvalue weighted by atomic mass is 10.1. The topological polar surface area (TPSA) is 73.6 Å². The molecule has 0 aliphatic rings. The third kappa shape index (κ3) is 4.73. The zero-order chi connectivity index (χ0) is 13.6. The molecule has 5 heteroatoms. The van der Waals surface area contributed by atoms with Crippen LogP contribution in [0.5, 0.6) is 5.75 Å². The van der Waals surface area contributed by atoms with Crippen LogP contribution in [0, 0.1) is 0 Å². The number of nitrogens with two attached hydrogens (primary N) is 1. The highest BCUT2D eigenvalue weighted by Gasteiger charge is 2.17. The number of amides is 1. The van der Waals surface area contributed by atoms with Crippen molar-refractivity contribution in [2.75, 3.05) is 25.6 Å². The van der Waals surface area contributed by atoms with E-state index in [1.165, 1.54) is 0 Å². The second kappa shape index (κ2) is 6.37. The average molecular weight is 252 g/mol. The summed E-state index contributed by atoms with van der Waals surface area (Å²) in [5, 5.41) is 2.73. The maximum atomic E-state index is 11.7. The molecular weight excluding hydrogens is 232 g/mol. The fraction of sp³-hybridized carbons (Fsp3) is 0.462. The number of hydrogen-bond acceptors (Lipinski definition) is 4. The van der Waals surface area contributed by atoms with Gasteiger partial charge in [0.15, 0.2) is 0 Å². The minimum atomic E-state index is -0.494. The summed E-state index contributed by atoms with van der Waals surface area (Å²) in [6.07, 6.45) is 0. The fourth-order valence-corrected chi connectivity index (χ4v) is 1.22. The molecule has 0 aromatic heterocycles. The highest BCUT2D eigenvalue weighted by atomic mass is 16.5. The van der Waals surface area contributed by atoms with Gasteiger partial charge in [-0.2, -0.15) is 0 Å². The molecular formula is C13H20N2O3. The van der Waals surface area contributed by atoms with E-state index in [1.807, 2.05) is 19.9 Å². The van der Waals surface area contributed by atoms with Gasteiger partial charge in [0.25, 0.3) is 0 Å². The smallest absolute Gasteiger partial charge is 0.250 e. The molecule has 0 unspecified atom stereocenters. The molecule has 100 valence electrons. The van der Waals surface area contributed by atoms with Gasteiger partial charge in [0.2, 0.25) is 5.91 Å². The summed E-state index contributed by atoms with van der Waals surface area (Å²) in [5.41, 5.74) is 5.69. The maximum Gasteiger partial charge on any atom is 0.250 e. The van der Waals surface area contributed by atoms with Crippen molar-refractivity contribution < 1.29 is 14.3 Å². The largest absolute Gasteiger partial charge is 0.497 e.